The average Bonchev–Trinajstić information content (AvgIpc) is 2.99. The highest BCUT2D eigenvalue weighted by molar-refractivity contribution is 6.07. The van der Waals surface area contributed by atoms with E-state index in [0.717, 1.165) is 16.6 Å². The predicted octanol–water partition coefficient (Wildman–Crippen LogP) is 3.20. The summed E-state index contributed by atoms with van der Waals surface area (Å²) < 4.78 is 2.01. The number of amides is 2. The molecule has 1 aliphatic rings. The molecule has 0 radical (unpaired) electrons. The topological polar surface area (TPSA) is 63.1 Å². The summed E-state index contributed by atoms with van der Waals surface area (Å²) in [5.74, 6) is -0.230. The molecule has 1 atom stereocenters. The van der Waals surface area contributed by atoms with Crippen LogP contribution in [0.4, 0.5) is 5.69 Å². The fourth-order valence-corrected chi connectivity index (χ4v) is 3.16. The molecule has 2 aromatic carbocycles. The van der Waals surface area contributed by atoms with Crippen molar-refractivity contribution in [3.63, 3.8) is 0 Å². The lowest BCUT2D eigenvalue weighted by atomic mass is 10.1. The van der Waals surface area contributed by atoms with E-state index < -0.39 is 0 Å². The van der Waals surface area contributed by atoms with E-state index >= 15 is 0 Å². The van der Waals surface area contributed by atoms with Crippen LogP contribution in [0.3, 0.4) is 0 Å². The minimum Gasteiger partial charge on any atom is -0.349 e. The Hall–Kier alpha value is -3.08. The van der Waals surface area contributed by atoms with E-state index in [1.807, 2.05) is 53.1 Å². The molecule has 3 aromatic rings. The molecule has 5 heteroatoms. The zero-order valence-electron chi connectivity index (χ0n) is 13.2. The van der Waals surface area contributed by atoms with Gasteiger partial charge in [-0.25, -0.2) is 0 Å². The van der Waals surface area contributed by atoms with Crippen LogP contribution in [0.2, 0.25) is 0 Å². The summed E-state index contributed by atoms with van der Waals surface area (Å²) >= 11 is 0. The van der Waals surface area contributed by atoms with Crippen molar-refractivity contribution >= 4 is 28.4 Å². The van der Waals surface area contributed by atoms with Crippen LogP contribution in [0, 0.1) is 0 Å². The van der Waals surface area contributed by atoms with Gasteiger partial charge in [-0.15, -0.1) is 0 Å². The number of nitrogens with one attached hydrogen (secondary N) is 2. The highest BCUT2D eigenvalue weighted by Crippen LogP contribution is 2.27. The van der Waals surface area contributed by atoms with Crippen molar-refractivity contribution in [3.8, 4) is 0 Å². The summed E-state index contributed by atoms with van der Waals surface area (Å²) in [7, 11) is 0. The molecule has 1 aliphatic heterocycles. The SMILES string of the molecule is CC1CNC(=O)c2cc3ccc(C(=O)Nc4ccccc4)cc3n21. The van der Waals surface area contributed by atoms with E-state index in [4.69, 9.17) is 0 Å². The maximum atomic E-state index is 12.5. The van der Waals surface area contributed by atoms with Gasteiger partial charge in [-0.05, 0) is 37.3 Å². The summed E-state index contributed by atoms with van der Waals surface area (Å²) in [4.78, 5) is 24.5. The van der Waals surface area contributed by atoms with Gasteiger partial charge in [0.05, 0.1) is 0 Å². The number of benzene rings is 2. The number of carbonyl (C=O) groups excluding carboxylic acids is 2. The molecule has 0 bridgehead atoms. The Bertz CT molecular complexity index is 944. The maximum absolute atomic E-state index is 12.5. The molecule has 2 heterocycles. The first-order valence-electron chi connectivity index (χ1n) is 7.93. The fraction of sp³-hybridized carbons (Fsp3) is 0.158. The lowest BCUT2D eigenvalue weighted by Crippen LogP contribution is -2.37. The molecule has 5 nitrogen and oxygen atoms in total. The lowest BCUT2D eigenvalue weighted by molar-refractivity contribution is 0.0919. The van der Waals surface area contributed by atoms with E-state index in [2.05, 4.69) is 17.6 Å². The van der Waals surface area contributed by atoms with Crippen molar-refractivity contribution in [2.75, 3.05) is 11.9 Å². The van der Waals surface area contributed by atoms with Gasteiger partial charge >= 0.3 is 0 Å². The zero-order chi connectivity index (χ0) is 16.7. The van der Waals surface area contributed by atoms with Crippen LogP contribution in [-0.4, -0.2) is 22.9 Å². The second-order valence-corrected chi connectivity index (χ2v) is 6.05. The largest absolute Gasteiger partial charge is 0.349 e. The number of aromatic nitrogens is 1. The Balaban J connectivity index is 1.74. The van der Waals surface area contributed by atoms with E-state index in [0.29, 0.717) is 17.8 Å². The minimum atomic E-state index is -0.161. The van der Waals surface area contributed by atoms with Crippen LogP contribution in [0.15, 0.2) is 54.6 Å². The molecule has 0 aliphatic carbocycles. The standard InChI is InChI=1S/C19H17N3O2/c1-12-11-20-19(24)17-9-13-7-8-14(10-16(13)22(12)17)18(23)21-15-5-3-2-4-6-15/h2-10,12H,11H2,1H3,(H,20,24)(H,21,23). The molecule has 120 valence electrons. The molecule has 2 amide bonds. The summed E-state index contributed by atoms with van der Waals surface area (Å²) in [6.45, 7) is 2.65. The van der Waals surface area contributed by atoms with E-state index in [-0.39, 0.29) is 17.9 Å². The van der Waals surface area contributed by atoms with Crippen molar-refractivity contribution in [1.82, 2.24) is 9.88 Å². The molecule has 0 fully saturated rings. The third-order valence-electron chi connectivity index (χ3n) is 4.37. The van der Waals surface area contributed by atoms with E-state index in [1.54, 1.807) is 6.07 Å². The number of nitrogens with zero attached hydrogens (tertiary/aromatic N) is 1. The summed E-state index contributed by atoms with van der Waals surface area (Å²) in [5.41, 5.74) is 2.88. The summed E-state index contributed by atoms with van der Waals surface area (Å²) in [5, 5.41) is 6.73. The smallest absolute Gasteiger partial charge is 0.268 e. The van der Waals surface area contributed by atoms with Crippen molar-refractivity contribution in [3.05, 3.63) is 65.9 Å². The number of para-hydroxylation sites is 1. The molecule has 2 N–H and O–H groups in total. The summed E-state index contributed by atoms with van der Waals surface area (Å²) in [6, 6.07) is 16.9. The van der Waals surface area contributed by atoms with Gasteiger partial charge in [-0.3, -0.25) is 9.59 Å². The normalized spacial score (nSPS) is 16.5. The van der Waals surface area contributed by atoms with Crippen molar-refractivity contribution < 1.29 is 9.59 Å². The number of anilines is 1. The Morgan fingerprint density at radius 3 is 2.75 bits per heavy atom. The predicted molar refractivity (Wildman–Crippen MR) is 93.4 cm³/mol. The molecule has 1 unspecified atom stereocenters. The van der Waals surface area contributed by atoms with Crippen molar-refractivity contribution in [2.45, 2.75) is 13.0 Å². The van der Waals surface area contributed by atoms with Crippen LogP contribution in [-0.2, 0) is 0 Å². The highest BCUT2D eigenvalue weighted by atomic mass is 16.2. The van der Waals surface area contributed by atoms with Gasteiger partial charge in [0, 0.05) is 34.7 Å². The first-order valence-corrected chi connectivity index (χ1v) is 7.93. The number of fused-ring (bicyclic) bond motifs is 3. The van der Waals surface area contributed by atoms with Crippen LogP contribution in [0.25, 0.3) is 10.9 Å². The third-order valence-corrected chi connectivity index (χ3v) is 4.37. The third kappa shape index (κ3) is 2.34. The minimum absolute atomic E-state index is 0.0698. The van der Waals surface area contributed by atoms with E-state index in [1.165, 1.54) is 0 Å². The number of carbonyl (C=O) groups is 2. The Morgan fingerprint density at radius 2 is 1.96 bits per heavy atom. The second kappa shape index (κ2) is 5.53. The molecule has 0 saturated heterocycles. The van der Waals surface area contributed by atoms with Gasteiger partial charge in [0.15, 0.2) is 0 Å². The Morgan fingerprint density at radius 1 is 1.17 bits per heavy atom. The molecule has 0 spiro atoms. The molecular formula is C19H17N3O2. The Kier molecular flexibility index (Phi) is 3.34. The summed E-state index contributed by atoms with van der Waals surface area (Å²) in [6.07, 6.45) is 0. The van der Waals surface area contributed by atoms with Gasteiger partial charge in [0.1, 0.15) is 5.69 Å². The van der Waals surface area contributed by atoms with Gasteiger partial charge < -0.3 is 15.2 Å². The highest BCUT2D eigenvalue weighted by Gasteiger charge is 2.24. The van der Waals surface area contributed by atoms with Crippen molar-refractivity contribution in [1.29, 1.82) is 0 Å². The van der Waals surface area contributed by atoms with Gasteiger partial charge in [-0.1, -0.05) is 24.3 Å². The Labute approximate surface area is 139 Å². The number of hydrogen-bond donors (Lipinski definition) is 2. The molecule has 4 rings (SSSR count). The molecular weight excluding hydrogens is 302 g/mol. The monoisotopic (exact) mass is 319 g/mol. The van der Waals surface area contributed by atoms with Crippen molar-refractivity contribution in [2.24, 2.45) is 0 Å². The fourth-order valence-electron chi connectivity index (χ4n) is 3.16. The van der Waals surface area contributed by atoms with Crippen LogP contribution < -0.4 is 10.6 Å². The average molecular weight is 319 g/mol. The first kappa shape index (κ1) is 14.5. The number of rotatable bonds is 2. The zero-order valence-corrected chi connectivity index (χ0v) is 13.2. The lowest BCUT2D eigenvalue weighted by Gasteiger charge is -2.24. The van der Waals surface area contributed by atoms with Crippen LogP contribution in [0.1, 0.15) is 33.8 Å². The number of hydrogen-bond acceptors (Lipinski definition) is 2. The van der Waals surface area contributed by atoms with Gasteiger partial charge in [-0.2, -0.15) is 0 Å². The molecule has 0 saturated carbocycles. The molecule has 1 aromatic heterocycles. The quantitative estimate of drug-likeness (QED) is 0.762. The molecule has 24 heavy (non-hydrogen) atoms. The maximum Gasteiger partial charge on any atom is 0.268 e. The van der Waals surface area contributed by atoms with Crippen LogP contribution >= 0.6 is 0 Å². The van der Waals surface area contributed by atoms with E-state index in [9.17, 15) is 9.59 Å². The van der Waals surface area contributed by atoms with Gasteiger partial charge in [0.2, 0.25) is 0 Å². The first-order chi connectivity index (χ1) is 11.6. The second-order valence-electron chi connectivity index (χ2n) is 6.05. The van der Waals surface area contributed by atoms with Crippen LogP contribution in [0.5, 0.6) is 0 Å². The van der Waals surface area contributed by atoms with Gasteiger partial charge in [0.25, 0.3) is 11.8 Å².